The maximum absolute atomic E-state index is 13.1. The third-order valence-electron chi connectivity index (χ3n) is 4.74. The van der Waals surface area contributed by atoms with Gasteiger partial charge in [0.1, 0.15) is 5.69 Å². The van der Waals surface area contributed by atoms with Gasteiger partial charge in [-0.05, 0) is 25.1 Å². The average Bonchev–Trinajstić information content (AvgIpc) is 3.30. The molecule has 0 aliphatic heterocycles. The summed E-state index contributed by atoms with van der Waals surface area (Å²) in [6, 6.07) is 21.5. The zero-order chi connectivity index (χ0) is 19.5. The Labute approximate surface area is 163 Å². The molecule has 6 heteroatoms. The third-order valence-corrected chi connectivity index (χ3v) is 4.74. The van der Waals surface area contributed by atoms with E-state index in [2.05, 4.69) is 10.4 Å². The lowest BCUT2D eigenvalue weighted by Crippen LogP contribution is -2.25. The van der Waals surface area contributed by atoms with Crippen LogP contribution < -0.4 is 5.32 Å². The summed E-state index contributed by atoms with van der Waals surface area (Å²) < 4.78 is 3.57. The van der Waals surface area contributed by atoms with Crippen LogP contribution in [0.15, 0.2) is 72.9 Å². The molecule has 1 N–H and O–H groups in total. The van der Waals surface area contributed by atoms with Crippen molar-refractivity contribution in [3.05, 3.63) is 89.9 Å². The van der Waals surface area contributed by atoms with E-state index in [1.165, 1.54) is 0 Å². The number of amides is 1. The monoisotopic (exact) mass is 371 g/mol. The molecule has 0 atom stereocenters. The van der Waals surface area contributed by atoms with E-state index in [1.54, 1.807) is 10.9 Å². The van der Waals surface area contributed by atoms with Crippen molar-refractivity contribution in [3.8, 4) is 16.9 Å². The Bertz CT molecular complexity index is 1100. The Morgan fingerprint density at radius 2 is 1.68 bits per heavy atom. The molecule has 4 aromatic rings. The fourth-order valence-corrected chi connectivity index (χ4v) is 3.23. The molecule has 0 aliphatic carbocycles. The summed E-state index contributed by atoms with van der Waals surface area (Å²) in [4.78, 5) is 13.1. The molecule has 6 nitrogen and oxygen atoms in total. The van der Waals surface area contributed by atoms with E-state index in [1.807, 2.05) is 85.4 Å². The maximum Gasteiger partial charge on any atom is 0.255 e. The summed E-state index contributed by atoms with van der Waals surface area (Å²) in [7, 11) is 1.86. The summed E-state index contributed by atoms with van der Waals surface area (Å²) >= 11 is 0. The van der Waals surface area contributed by atoms with Crippen molar-refractivity contribution in [2.45, 2.75) is 13.5 Å². The van der Waals surface area contributed by atoms with Crippen molar-refractivity contribution in [1.82, 2.24) is 24.9 Å². The minimum Gasteiger partial charge on any atom is -0.346 e. The van der Waals surface area contributed by atoms with Gasteiger partial charge in [-0.3, -0.25) is 9.48 Å². The number of nitrogens with zero attached hydrogens (tertiary/aromatic N) is 4. The Hall–Kier alpha value is -3.67. The van der Waals surface area contributed by atoms with Crippen molar-refractivity contribution in [2.24, 2.45) is 7.05 Å². The fraction of sp³-hybridized carbons (Fsp3) is 0.136. The number of aryl methyl sites for hydroxylation is 1. The highest BCUT2D eigenvalue weighted by Crippen LogP contribution is 2.27. The zero-order valence-electron chi connectivity index (χ0n) is 15.8. The van der Waals surface area contributed by atoms with Crippen LogP contribution in [-0.4, -0.2) is 25.5 Å². The van der Waals surface area contributed by atoms with Gasteiger partial charge in [-0.1, -0.05) is 48.5 Å². The van der Waals surface area contributed by atoms with E-state index in [-0.39, 0.29) is 5.91 Å². The van der Waals surface area contributed by atoms with E-state index in [0.717, 1.165) is 22.6 Å². The number of aromatic nitrogens is 4. The van der Waals surface area contributed by atoms with Gasteiger partial charge in [-0.15, -0.1) is 0 Å². The molecular weight excluding hydrogens is 350 g/mol. The number of nitrogens with one attached hydrogen (secondary N) is 1. The molecule has 0 fully saturated rings. The number of benzene rings is 2. The predicted molar refractivity (Wildman–Crippen MR) is 108 cm³/mol. The van der Waals surface area contributed by atoms with Crippen LogP contribution in [0.1, 0.15) is 21.7 Å². The van der Waals surface area contributed by atoms with Crippen LogP contribution in [0.5, 0.6) is 0 Å². The van der Waals surface area contributed by atoms with Gasteiger partial charge in [-0.25, -0.2) is 4.68 Å². The standard InChI is InChI=1S/C22H21N5O/c1-16-20(22(28)23-15-19-13-14-24-26(19)2)21(17-9-5-3-6-10-17)25-27(16)18-11-7-4-8-12-18/h3-14H,15H2,1-2H3,(H,23,28). The third kappa shape index (κ3) is 3.32. The minimum atomic E-state index is -0.153. The molecule has 140 valence electrons. The summed E-state index contributed by atoms with van der Waals surface area (Å²) in [5.41, 5.74) is 4.81. The van der Waals surface area contributed by atoms with Crippen LogP contribution in [0.2, 0.25) is 0 Å². The topological polar surface area (TPSA) is 64.7 Å². The first-order chi connectivity index (χ1) is 13.6. The molecular formula is C22H21N5O. The molecule has 28 heavy (non-hydrogen) atoms. The molecule has 0 radical (unpaired) electrons. The Morgan fingerprint density at radius 1 is 1.00 bits per heavy atom. The van der Waals surface area contributed by atoms with Crippen LogP contribution in [0, 0.1) is 6.92 Å². The van der Waals surface area contributed by atoms with Gasteiger partial charge in [0.05, 0.1) is 29.2 Å². The molecule has 0 aliphatic rings. The summed E-state index contributed by atoms with van der Waals surface area (Å²) in [5.74, 6) is -0.153. The second-order valence-corrected chi connectivity index (χ2v) is 6.55. The first-order valence-corrected chi connectivity index (χ1v) is 9.10. The second kappa shape index (κ2) is 7.52. The van der Waals surface area contributed by atoms with Crippen molar-refractivity contribution >= 4 is 5.91 Å². The van der Waals surface area contributed by atoms with Crippen molar-refractivity contribution in [2.75, 3.05) is 0 Å². The van der Waals surface area contributed by atoms with Gasteiger partial charge < -0.3 is 5.32 Å². The number of rotatable bonds is 5. The quantitative estimate of drug-likeness (QED) is 0.584. The second-order valence-electron chi connectivity index (χ2n) is 6.55. The van der Waals surface area contributed by atoms with Crippen LogP contribution in [0.3, 0.4) is 0 Å². The smallest absolute Gasteiger partial charge is 0.255 e. The van der Waals surface area contributed by atoms with Gasteiger partial charge in [-0.2, -0.15) is 10.2 Å². The minimum absolute atomic E-state index is 0.153. The van der Waals surface area contributed by atoms with E-state index in [9.17, 15) is 4.79 Å². The van der Waals surface area contributed by atoms with Gasteiger partial charge in [0.15, 0.2) is 0 Å². The molecule has 1 amide bonds. The highest BCUT2D eigenvalue weighted by molar-refractivity contribution is 6.01. The molecule has 4 rings (SSSR count). The van der Waals surface area contributed by atoms with E-state index in [4.69, 9.17) is 5.10 Å². The number of carbonyl (C=O) groups excluding carboxylic acids is 1. The van der Waals surface area contributed by atoms with E-state index < -0.39 is 0 Å². The lowest BCUT2D eigenvalue weighted by Gasteiger charge is -2.08. The van der Waals surface area contributed by atoms with Gasteiger partial charge >= 0.3 is 0 Å². The van der Waals surface area contributed by atoms with Gasteiger partial charge in [0.2, 0.25) is 0 Å². The molecule has 0 bridgehead atoms. The zero-order valence-corrected chi connectivity index (χ0v) is 15.8. The largest absolute Gasteiger partial charge is 0.346 e. The molecule has 2 heterocycles. The highest BCUT2D eigenvalue weighted by Gasteiger charge is 2.23. The Balaban J connectivity index is 1.75. The van der Waals surface area contributed by atoms with Crippen LogP contribution in [0.4, 0.5) is 0 Å². The van der Waals surface area contributed by atoms with Crippen LogP contribution >= 0.6 is 0 Å². The van der Waals surface area contributed by atoms with Crippen LogP contribution in [-0.2, 0) is 13.6 Å². The number of hydrogen-bond donors (Lipinski definition) is 1. The predicted octanol–water partition coefficient (Wildman–Crippen LogP) is 3.51. The Morgan fingerprint density at radius 3 is 2.32 bits per heavy atom. The van der Waals surface area contributed by atoms with E-state index in [0.29, 0.717) is 17.8 Å². The maximum atomic E-state index is 13.1. The molecule has 0 saturated heterocycles. The average molecular weight is 371 g/mol. The summed E-state index contributed by atoms with van der Waals surface area (Å²) in [6.45, 7) is 2.32. The number of hydrogen-bond acceptors (Lipinski definition) is 3. The van der Waals surface area contributed by atoms with Crippen molar-refractivity contribution < 1.29 is 4.79 Å². The van der Waals surface area contributed by atoms with Crippen molar-refractivity contribution in [1.29, 1.82) is 0 Å². The molecule has 0 unspecified atom stereocenters. The van der Waals surface area contributed by atoms with E-state index >= 15 is 0 Å². The molecule has 2 aromatic heterocycles. The first kappa shape index (κ1) is 17.7. The molecule has 0 saturated carbocycles. The normalized spacial score (nSPS) is 10.8. The van der Waals surface area contributed by atoms with Crippen molar-refractivity contribution in [3.63, 3.8) is 0 Å². The SMILES string of the molecule is Cc1c(C(=O)NCc2ccnn2C)c(-c2ccccc2)nn1-c1ccccc1. The number of para-hydroxylation sites is 1. The lowest BCUT2D eigenvalue weighted by molar-refractivity contribution is 0.0950. The highest BCUT2D eigenvalue weighted by atomic mass is 16.1. The molecule has 2 aromatic carbocycles. The number of carbonyl (C=O) groups is 1. The molecule has 0 spiro atoms. The Kier molecular flexibility index (Phi) is 4.76. The fourth-order valence-electron chi connectivity index (χ4n) is 3.23. The lowest BCUT2D eigenvalue weighted by atomic mass is 10.1. The van der Waals surface area contributed by atoms with Gasteiger partial charge in [0, 0.05) is 18.8 Å². The van der Waals surface area contributed by atoms with Gasteiger partial charge in [0.25, 0.3) is 5.91 Å². The summed E-state index contributed by atoms with van der Waals surface area (Å²) in [6.07, 6.45) is 1.72. The van der Waals surface area contributed by atoms with Crippen LogP contribution in [0.25, 0.3) is 16.9 Å². The summed E-state index contributed by atoms with van der Waals surface area (Å²) in [5, 5.41) is 11.9. The first-order valence-electron chi connectivity index (χ1n) is 9.10.